The molecule has 1 amide bonds. The Morgan fingerprint density at radius 2 is 1.80 bits per heavy atom. The standard InChI is InChI=1S/C20H20N4O/c1-14-6-7-16(11-15(14)2)24-18-8-9-19(22-13-18)20(25)23-12-17-5-3-4-10-21-17/h3-11,13,24H,12H2,1-2H3,(H,23,25). The number of rotatable bonds is 5. The summed E-state index contributed by atoms with van der Waals surface area (Å²) in [7, 11) is 0. The van der Waals surface area contributed by atoms with Gasteiger partial charge in [-0.05, 0) is 61.4 Å². The van der Waals surface area contributed by atoms with Crippen molar-refractivity contribution in [2.24, 2.45) is 0 Å². The molecule has 25 heavy (non-hydrogen) atoms. The molecular weight excluding hydrogens is 312 g/mol. The van der Waals surface area contributed by atoms with Gasteiger partial charge in [0, 0.05) is 11.9 Å². The molecule has 0 spiro atoms. The van der Waals surface area contributed by atoms with Crippen LogP contribution in [-0.2, 0) is 6.54 Å². The monoisotopic (exact) mass is 332 g/mol. The first kappa shape index (κ1) is 16.6. The van der Waals surface area contributed by atoms with E-state index in [1.54, 1.807) is 18.5 Å². The molecule has 3 rings (SSSR count). The van der Waals surface area contributed by atoms with Gasteiger partial charge in [-0.3, -0.25) is 9.78 Å². The van der Waals surface area contributed by atoms with Gasteiger partial charge in [0.15, 0.2) is 0 Å². The topological polar surface area (TPSA) is 66.9 Å². The molecule has 0 saturated carbocycles. The van der Waals surface area contributed by atoms with E-state index in [-0.39, 0.29) is 5.91 Å². The van der Waals surface area contributed by atoms with Gasteiger partial charge >= 0.3 is 0 Å². The molecule has 5 nitrogen and oxygen atoms in total. The highest BCUT2D eigenvalue weighted by Crippen LogP contribution is 2.19. The van der Waals surface area contributed by atoms with E-state index in [0.29, 0.717) is 12.2 Å². The maximum absolute atomic E-state index is 12.1. The summed E-state index contributed by atoms with van der Waals surface area (Å²) in [6.45, 7) is 4.54. The van der Waals surface area contributed by atoms with Crippen molar-refractivity contribution in [2.75, 3.05) is 5.32 Å². The van der Waals surface area contributed by atoms with Crippen molar-refractivity contribution in [3.8, 4) is 0 Å². The normalized spacial score (nSPS) is 10.3. The summed E-state index contributed by atoms with van der Waals surface area (Å²) >= 11 is 0. The van der Waals surface area contributed by atoms with Crippen LogP contribution in [0.25, 0.3) is 0 Å². The summed E-state index contributed by atoms with van der Waals surface area (Å²) in [5, 5.41) is 6.11. The van der Waals surface area contributed by atoms with Crippen molar-refractivity contribution >= 4 is 17.3 Å². The molecule has 0 bridgehead atoms. The zero-order chi connectivity index (χ0) is 17.6. The van der Waals surface area contributed by atoms with Crippen LogP contribution in [-0.4, -0.2) is 15.9 Å². The van der Waals surface area contributed by atoms with E-state index >= 15 is 0 Å². The van der Waals surface area contributed by atoms with E-state index in [4.69, 9.17) is 0 Å². The van der Waals surface area contributed by atoms with E-state index < -0.39 is 0 Å². The number of benzene rings is 1. The SMILES string of the molecule is Cc1ccc(Nc2ccc(C(=O)NCc3ccccn3)nc2)cc1C. The molecule has 1 aromatic carbocycles. The summed E-state index contributed by atoms with van der Waals surface area (Å²) in [6, 6.07) is 15.3. The number of carbonyl (C=O) groups excluding carboxylic acids is 1. The summed E-state index contributed by atoms with van der Waals surface area (Å²) in [5.41, 5.74) is 5.50. The zero-order valence-corrected chi connectivity index (χ0v) is 14.3. The van der Waals surface area contributed by atoms with E-state index in [1.165, 1.54) is 11.1 Å². The van der Waals surface area contributed by atoms with Crippen LogP contribution < -0.4 is 10.6 Å². The fourth-order valence-electron chi connectivity index (χ4n) is 2.35. The summed E-state index contributed by atoms with van der Waals surface area (Å²) in [5.74, 6) is -0.219. The predicted octanol–water partition coefficient (Wildman–Crippen LogP) is 3.77. The molecular formula is C20H20N4O. The third-order valence-electron chi connectivity index (χ3n) is 3.95. The average Bonchev–Trinajstić information content (AvgIpc) is 2.64. The van der Waals surface area contributed by atoms with Crippen LogP contribution >= 0.6 is 0 Å². The number of carbonyl (C=O) groups is 1. The third kappa shape index (κ3) is 4.41. The molecule has 0 radical (unpaired) electrons. The Labute approximate surface area is 147 Å². The van der Waals surface area contributed by atoms with Gasteiger partial charge in [0.1, 0.15) is 5.69 Å². The largest absolute Gasteiger partial charge is 0.354 e. The molecule has 2 N–H and O–H groups in total. The lowest BCUT2D eigenvalue weighted by Gasteiger charge is -2.09. The maximum Gasteiger partial charge on any atom is 0.270 e. The molecule has 0 unspecified atom stereocenters. The van der Waals surface area contributed by atoms with Gasteiger partial charge < -0.3 is 10.6 Å². The van der Waals surface area contributed by atoms with E-state index in [9.17, 15) is 4.79 Å². The van der Waals surface area contributed by atoms with Crippen molar-refractivity contribution in [1.82, 2.24) is 15.3 Å². The maximum atomic E-state index is 12.1. The number of hydrogen-bond donors (Lipinski definition) is 2. The Kier molecular flexibility index (Phi) is 5.04. The lowest BCUT2D eigenvalue weighted by molar-refractivity contribution is 0.0945. The Morgan fingerprint density at radius 1 is 0.960 bits per heavy atom. The smallest absolute Gasteiger partial charge is 0.270 e. The zero-order valence-electron chi connectivity index (χ0n) is 14.3. The van der Waals surface area contributed by atoms with E-state index in [0.717, 1.165) is 17.1 Å². The number of aryl methyl sites for hydroxylation is 2. The number of pyridine rings is 2. The van der Waals surface area contributed by atoms with Crippen LogP contribution in [0.4, 0.5) is 11.4 Å². The first-order valence-corrected chi connectivity index (χ1v) is 8.10. The predicted molar refractivity (Wildman–Crippen MR) is 98.8 cm³/mol. The Morgan fingerprint density at radius 3 is 2.48 bits per heavy atom. The van der Waals surface area contributed by atoms with Crippen LogP contribution in [0.3, 0.4) is 0 Å². The highest BCUT2D eigenvalue weighted by molar-refractivity contribution is 5.92. The molecule has 5 heteroatoms. The minimum absolute atomic E-state index is 0.219. The van der Waals surface area contributed by atoms with E-state index in [2.05, 4.69) is 46.6 Å². The van der Waals surface area contributed by atoms with Crippen LogP contribution in [0.15, 0.2) is 60.9 Å². The van der Waals surface area contributed by atoms with E-state index in [1.807, 2.05) is 30.3 Å². The first-order chi connectivity index (χ1) is 12.1. The second kappa shape index (κ2) is 7.57. The number of aromatic nitrogens is 2. The van der Waals surface area contributed by atoms with Gasteiger partial charge in [-0.2, -0.15) is 0 Å². The molecule has 3 aromatic rings. The van der Waals surface area contributed by atoms with Gasteiger partial charge in [0.2, 0.25) is 0 Å². The average molecular weight is 332 g/mol. The fourth-order valence-corrected chi connectivity index (χ4v) is 2.35. The van der Waals surface area contributed by atoms with Gasteiger partial charge in [-0.25, -0.2) is 4.98 Å². The summed E-state index contributed by atoms with van der Waals surface area (Å²) in [4.78, 5) is 20.6. The minimum atomic E-state index is -0.219. The van der Waals surface area contributed by atoms with Gasteiger partial charge in [-0.1, -0.05) is 12.1 Å². The number of amides is 1. The molecule has 126 valence electrons. The lowest BCUT2D eigenvalue weighted by atomic mass is 10.1. The summed E-state index contributed by atoms with van der Waals surface area (Å²) in [6.07, 6.45) is 3.36. The first-order valence-electron chi connectivity index (χ1n) is 8.10. The second-order valence-corrected chi connectivity index (χ2v) is 5.86. The minimum Gasteiger partial charge on any atom is -0.354 e. The molecule has 0 atom stereocenters. The second-order valence-electron chi connectivity index (χ2n) is 5.86. The number of nitrogens with zero attached hydrogens (tertiary/aromatic N) is 2. The van der Waals surface area contributed by atoms with Gasteiger partial charge in [-0.15, -0.1) is 0 Å². The Hall–Kier alpha value is -3.21. The van der Waals surface area contributed by atoms with Crippen LogP contribution in [0.2, 0.25) is 0 Å². The molecule has 0 aliphatic rings. The van der Waals surface area contributed by atoms with Crippen LogP contribution in [0.5, 0.6) is 0 Å². The van der Waals surface area contributed by atoms with Crippen LogP contribution in [0.1, 0.15) is 27.3 Å². The Bertz CT molecular complexity index is 861. The molecule has 2 heterocycles. The molecule has 0 saturated heterocycles. The quantitative estimate of drug-likeness (QED) is 0.746. The highest BCUT2D eigenvalue weighted by Gasteiger charge is 2.07. The third-order valence-corrected chi connectivity index (χ3v) is 3.95. The van der Waals surface area contributed by atoms with Crippen LogP contribution in [0, 0.1) is 13.8 Å². The Balaban J connectivity index is 1.61. The van der Waals surface area contributed by atoms with Crippen molar-refractivity contribution in [2.45, 2.75) is 20.4 Å². The molecule has 0 fully saturated rings. The van der Waals surface area contributed by atoms with Crippen molar-refractivity contribution in [1.29, 1.82) is 0 Å². The molecule has 0 aliphatic carbocycles. The number of nitrogens with one attached hydrogen (secondary N) is 2. The van der Waals surface area contributed by atoms with Crippen molar-refractivity contribution < 1.29 is 4.79 Å². The summed E-state index contributed by atoms with van der Waals surface area (Å²) < 4.78 is 0. The molecule has 2 aromatic heterocycles. The van der Waals surface area contributed by atoms with Gasteiger partial charge in [0.05, 0.1) is 24.1 Å². The van der Waals surface area contributed by atoms with Crippen molar-refractivity contribution in [3.05, 3.63) is 83.4 Å². The van der Waals surface area contributed by atoms with Gasteiger partial charge in [0.25, 0.3) is 5.91 Å². The lowest BCUT2D eigenvalue weighted by Crippen LogP contribution is -2.24. The van der Waals surface area contributed by atoms with Crippen molar-refractivity contribution in [3.63, 3.8) is 0 Å². The highest BCUT2D eigenvalue weighted by atomic mass is 16.1. The number of anilines is 2. The number of hydrogen-bond acceptors (Lipinski definition) is 4. The molecule has 0 aliphatic heterocycles. The fraction of sp³-hybridized carbons (Fsp3) is 0.150.